The maximum absolute atomic E-state index is 12.9. The Hall–Kier alpha value is -2.72. The lowest BCUT2D eigenvalue weighted by Crippen LogP contribution is -2.26. The van der Waals surface area contributed by atoms with Crippen LogP contribution in [-0.4, -0.2) is 41.7 Å². The van der Waals surface area contributed by atoms with Crippen LogP contribution in [0.25, 0.3) is 10.9 Å². The lowest BCUT2D eigenvalue weighted by molar-refractivity contribution is -0.150. The molecule has 0 saturated carbocycles. The van der Waals surface area contributed by atoms with Crippen LogP contribution in [0.3, 0.4) is 0 Å². The minimum absolute atomic E-state index is 0.266. The average molecular weight is 567 g/mol. The Morgan fingerprint density at radius 1 is 1.25 bits per heavy atom. The quantitative estimate of drug-likeness (QED) is 0.310. The molecule has 0 saturated heterocycles. The first-order valence-electron chi connectivity index (χ1n) is 9.69. The fourth-order valence-electron chi connectivity index (χ4n) is 2.92. The van der Waals surface area contributed by atoms with E-state index in [1.165, 1.54) is 18.0 Å². The lowest BCUT2D eigenvalue weighted by Gasteiger charge is -2.16. The summed E-state index contributed by atoms with van der Waals surface area (Å²) in [5, 5.41) is 4.79. The number of nitrogens with zero attached hydrogens (tertiary/aromatic N) is 3. The topological polar surface area (TPSA) is 92.0 Å². The third-order valence-corrected chi connectivity index (χ3v) is 5.67. The molecule has 0 aliphatic heterocycles. The summed E-state index contributed by atoms with van der Waals surface area (Å²) in [6, 6.07) is 8.68. The molecule has 0 radical (unpaired) electrons. The Balaban J connectivity index is 1.96. The van der Waals surface area contributed by atoms with E-state index in [0.29, 0.717) is 38.3 Å². The number of halogens is 2. The maximum atomic E-state index is 12.9. The molecule has 32 heavy (non-hydrogen) atoms. The zero-order valence-electron chi connectivity index (χ0n) is 17.9. The van der Waals surface area contributed by atoms with Crippen molar-refractivity contribution in [3.8, 4) is 11.5 Å². The highest BCUT2D eigenvalue weighted by molar-refractivity contribution is 9.10. The number of carbonyl (C=O) groups excluding carboxylic acids is 1. The zero-order chi connectivity index (χ0) is 23.4. The van der Waals surface area contributed by atoms with Gasteiger partial charge in [-0.1, -0.05) is 15.9 Å². The molecule has 0 fully saturated rings. The number of carbonyl (C=O) groups is 1. The number of fused-ring (bicyclic) bond motifs is 1. The summed E-state index contributed by atoms with van der Waals surface area (Å²) >= 11 is 6.85. The van der Waals surface area contributed by atoms with Crippen molar-refractivity contribution in [3.05, 3.63) is 61.0 Å². The van der Waals surface area contributed by atoms with Gasteiger partial charge in [-0.05, 0) is 67.0 Å². The van der Waals surface area contributed by atoms with E-state index >= 15 is 0 Å². The molecule has 0 amide bonds. The van der Waals surface area contributed by atoms with Crippen molar-refractivity contribution in [3.63, 3.8) is 0 Å². The Kier molecular flexibility index (Phi) is 7.68. The van der Waals surface area contributed by atoms with Gasteiger partial charge in [-0.15, -0.1) is 0 Å². The number of esters is 1. The van der Waals surface area contributed by atoms with Crippen LogP contribution in [0.15, 0.2) is 49.2 Å². The van der Waals surface area contributed by atoms with E-state index in [4.69, 9.17) is 14.2 Å². The van der Waals surface area contributed by atoms with Gasteiger partial charge in [0.25, 0.3) is 5.56 Å². The molecule has 3 rings (SSSR count). The van der Waals surface area contributed by atoms with Crippen LogP contribution in [0.1, 0.15) is 25.2 Å². The number of hydrogen-bond donors (Lipinski definition) is 0. The van der Waals surface area contributed by atoms with E-state index < -0.39 is 12.1 Å². The number of benzene rings is 2. The second kappa shape index (κ2) is 10.3. The van der Waals surface area contributed by atoms with Gasteiger partial charge in [0.1, 0.15) is 5.82 Å². The monoisotopic (exact) mass is 565 g/mol. The number of hydrogen-bond acceptors (Lipinski definition) is 7. The predicted octanol–water partition coefficient (Wildman–Crippen LogP) is 4.45. The number of aromatic nitrogens is 2. The van der Waals surface area contributed by atoms with Crippen molar-refractivity contribution in [1.29, 1.82) is 0 Å². The van der Waals surface area contributed by atoms with Gasteiger partial charge in [0.05, 0.1) is 30.8 Å². The fraction of sp³-hybridized carbons (Fsp3) is 0.273. The molecule has 0 unspecified atom stereocenters. The molecule has 10 heteroatoms. The smallest absolute Gasteiger partial charge is 0.347 e. The molecule has 1 aromatic heterocycles. The summed E-state index contributed by atoms with van der Waals surface area (Å²) in [5.41, 5.74) is 0.956. The maximum Gasteiger partial charge on any atom is 0.347 e. The summed E-state index contributed by atoms with van der Waals surface area (Å²) in [6.45, 7) is 5.31. The van der Waals surface area contributed by atoms with Crippen LogP contribution in [0, 0.1) is 6.92 Å². The summed E-state index contributed by atoms with van der Waals surface area (Å²) in [7, 11) is 1.49. The highest BCUT2D eigenvalue weighted by Crippen LogP contribution is 2.33. The molecule has 8 nitrogen and oxygen atoms in total. The van der Waals surface area contributed by atoms with Gasteiger partial charge in [0.2, 0.25) is 0 Å². The molecule has 1 heterocycles. The van der Waals surface area contributed by atoms with Crippen LogP contribution < -0.4 is 15.0 Å². The van der Waals surface area contributed by atoms with Gasteiger partial charge < -0.3 is 14.2 Å². The van der Waals surface area contributed by atoms with E-state index in [1.807, 2.05) is 6.07 Å². The second-order valence-corrected chi connectivity index (χ2v) is 8.49. The normalized spacial score (nSPS) is 12.2. The van der Waals surface area contributed by atoms with Crippen molar-refractivity contribution >= 4 is 54.9 Å². The number of aryl methyl sites for hydroxylation is 1. The van der Waals surface area contributed by atoms with Crippen LogP contribution in [0.2, 0.25) is 0 Å². The third-order valence-electron chi connectivity index (χ3n) is 4.49. The van der Waals surface area contributed by atoms with Crippen molar-refractivity contribution in [2.24, 2.45) is 5.10 Å². The average Bonchev–Trinajstić information content (AvgIpc) is 2.75. The van der Waals surface area contributed by atoms with Crippen molar-refractivity contribution in [1.82, 2.24) is 9.66 Å². The molecular weight excluding hydrogens is 546 g/mol. The zero-order valence-corrected chi connectivity index (χ0v) is 21.1. The minimum atomic E-state index is -0.806. The first-order valence-corrected chi connectivity index (χ1v) is 11.3. The van der Waals surface area contributed by atoms with Crippen LogP contribution >= 0.6 is 31.9 Å². The fourth-order valence-corrected chi connectivity index (χ4v) is 3.70. The molecule has 168 valence electrons. The second-order valence-electron chi connectivity index (χ2n) is 6.72. The first-order chi connectivity index (χ1) is 15.2. The molecule has 0 N–H and O–H groups in total. The molecule has 0 bridgehead atoms. The van der Waals surface area contributed by atoms with Crippen molar-refractivity contribution in [2.75, 3.05) is 13.7 Å². The largest absolute Gasteiger partial charge is 0.493 e. The van der Waals surface area contributed by atoms with Gasteiger partial charge in [0, 0.05) is 14.5 Å². The van der Waals surface area contributed by atoms with E-state index in [-0.39, 0.29) is 12.2 Å². The standard InChI is InChI=1S/C22H21Br2N3O5/c1-5-31-22(29)12(2)32-20-10-17(24)14(8-19(20)30-4)11-25-27-13(3)26-18-7-6-15(23)9-16(18)21(27)28/h6-12H,5H2,1-4H3/t12-/m0/s1. The Labute approximate surface area is 201 Å². The van der Waals surface area contributed by atoms with Crippen LogP contribution in [-0.2, 0) is 9.53 Å². The number of rotatable bonds is 7. The first kappa shape index (κ1) is 23.9. The SMILES string of the molecule is CCOC(=O)[C@H](C)Oc1cc(Br)c(C=Nn2c(C)nc3ccc(Br)cc3c2=O)cc1OC. The Morgan fingerprint density at radius 3 is 2.69 bits per heavy atom. The molecule has 0 aliphatic carbocycles. The van der Waals surface area contributed by atoms with E-state index in [1.54, 1.807) is 45.0 Å². The van der Waals surface area contributed by atoms with E-state index in [0.717, 1.165) is 4.47 Å². The summed E-state index contributed by atoms with van der Waals surface area (Å²) in [5.74, 6) is 0.743. The van der Waals surface area contributed by atoms with Gasteiger partial charge in [-0.2, -0.15) is 9.78 Å². The van der Waals surface area contributed by atoms with Gasteiger partial charge in [-0.3, -0.25) is 4.79 Å². The minimum Gasteiger partial charge on any atom is -0.493 e. The molecule has 3 aromatic rings. The summed E-state index contributed by atoms with van der Waals surface area (Å²) < 4.78 is 18.7. The van der Waals surface area contributed by atoms with Crippen LogP contribution in [0.4, 0.5) is 0 Å². The van der Waals surface area contributed by atoms with Crippen molar-refractivity contribution in [2.45, 2.75) is 26.9 Å². The molecular formula is C22H21Br2N3O5. The summed E-state index contributed by atoms with van der Waals surface area (Å²) in [6.07, 6.45) is 0.713. The van der Waals surface area contributed by atoms with E-state index in [9.17, 15) is 9.59 Å². The third kappa shape index (κ3) is 5.18. The molecule has 0 spiro atoms. The lowest BCUT2D eigenvalue weighted by atomic mass is 10.2. The van der Waals surface area contributed by atoms with Crippen LogP contribution in [0.5, 0.6) is 11.5 Å². The summed E-state index contributed by atoms with van der Waals surface area (Å²) in [4.78, 5) is 29.2. The highest BCUT2D eigenvalue weighted by atomic mass is 79.9. The number of methoxy groups -OCH3 is 1. The Bertz CT molecular complexity index is 1260. The molecule has 1 atom stereocenters. The predicted molar refractivity (Wildman–Crippen MR) is 129 cm³/mol. The van der Waals surface area contributed by atoms with Gasteiger partial charge >= 0.3 is 5.97 Å². The van der Waals surface area contributed by atoms with Gasteiger partial charge in [0.15, 0.2) is 17.6 Å². The highest BCUT2D eigenvalue weighted by Gasteiger charge is 2.19. The number of ether oxygens (including phenoxy) is 3. The van der Waals surface area contributed by atoms with E-state index in [2.05, 4.69) is 41.9 Å². The molecule has 0 aliphatic rings. The molecule has 2 aromatic carbocycles. The van der Waals surface area contributed by atoms with Crippen molar-refractivity contribution < 1.29 is 19.0 Å². The van der Waals surface area contributed by atoms with Gasteiger partial charge in [-0.25, -0.2) is 9.78 Å². The Morgan fingerprint density at radius 2 is 2.00 bits per heavy atom.